The second-order valence-corrected chi connectivity index (χ2v) is 13.5. The van der Waals surface area contributed by atoms with Gasteiger partial charge in [0.05, 0.1) is 18.8 Å². The largest absolute Gasteiger partial charge is 0.393 e. The number of aliphatic hydroxyl groups is 2. The van der Waals surface area contributed by atoms with Crippen molar-refractivity contribution in [3.63, 3.8) is 0 Å². The van der Waals surface area contributed by atoms with Crippen molar-refractivity contribution in [1.29, 1.82) is 0 Å². The van der Waals surface area contributed by atoms with Crippen LogP contribution in [0.15, 0.2) is 0 Å². The quantitative estimate of drug-likeness (QED) is 0.469. The Hall–Kier alpha value is 0.120. The molecule has 10 heteroatoms. The van der Waals surface area contributed by atoms with Crippen LogP contribution in [0.4, 0.5) is 0 Å². The van der Waals surface area contributed by atoms with Crippen molar-refractivity contribution >= 4 is 23.3 Å². The van der Waals surface area contributed by atoms with Crippen LogP contribution >= 0.6 is 7.60 Å². The lowest BCUT2D eigenvalue weighted by Gasteiger charge is -2.48. The first-order chi connectivity index (χ1) is 13.4. The first-order valence-corrected chi connectivity index (χ1v) is 12.6. The molecule has 0 aromatic heterocycles. The van der Waals surface area contributed by atoms with E-state index >= 15 is 0 Å². The van der Waals surface area contributed by atoms with E-state index in [0.29, 0.717) is 0 Å². The zero-order chi connectivity index (χ0) is 24.7. The fourth-order valence-corrected chi connectivity index (χ4v) is 6.45. The Bertz CT molecular complexity index is 782. The maximum Gasteiger partial charge on any atom is 0.328 e. The van der Waals surface area contributed by atoms with Crippen molar-refractivity contribution in [3.8, 4) is 0 Å². The summed E-state index contributed by atoms with van der Waals surface area (Å²) in [6.07, 6.45) is 0. The van der Waals surface area contributed by atoms with E-state index in [0.717, 1.165) is 0 Å². The van der Waals surface area contributed by atoms with Crippen LogP contribution < -0.4 is 0 Å². The van der Waals surface area contributed by atoms with Gasteiger partial charge in [-0.3, -0.25) is 9.09 Å². The molecule has 7 atom stereocenters. The summed E-state index contributed by atoms with van der Waals surface area (Å²) in [5.41, 5.74) is -9.09. The summed E-state index contributed by atoms with van der Waals surface area (Å²) in [4.78, 5) is 0. The highest BCUT2D eigenvalue weighted by atomic mass is 31.2. The highest BCUT2D eigenvalue weighted by molar-refractivity contribution is 7.53. The average molecular weight is 456 g/mol. The van der Waals surface area contributed by atoms with Crippen molar-refractivity contribution in [2.24, 2.45) is 10.8 Å². The van der Waals surface area contributed by atoms with E-state index in [-0.39, 0.29) is 6.61 Å². The van der Waals surface area contributed by atoms with E-state index in [9.17, 15) is 14.8 Å². The Morgan fingerprint density at radius 1 is 0.839 bits per heavy atom. The third-order valence-electron chi connectivity index (χ3n) is 9.03. The van der Waals surface area contributed by atoms with E-state index in [1.165, 1.54) is 6.66 Å². The summed E-state index contributed by atoms with van der Waals surface area (Å²) in [7, 11) is 8.95. The van der Waals surface area contributed by atoms with Crippen LogP contribution in [0, 0.1) is 10.8 Å². The third-order valence-corrected chi connectivity index (χ3v) is 10.3. The van der Waals surface area contributed by atoms with E-state index in [1.807, 2.05) is 27.7 Å². The van der Waals surface area contributed by atoms with E-state index in [2.05, 4.69) is 0 Å². The van der Waals surface area contributed by atoms with Crippen molar-refractivity contribution < 1.29 is 33.3 Å². The van der Waals surface area contributed by atoms with E-state index < -0.39 is 58.4 Å². The van der Waals surface area contributed by atoms with Crippen molar-refractivity contribution in [3.05, 3.63) is 0 Å². The Kier molecular flexibility index (Phi) is 6.24. The number of ether oxygens (including phenoxy) is 2. The molecule has 3 unspecified atom stereocenters. The predicted octanol–water partition coefficient (Wildman–Crippen LogP) is 2.74. The number of rotatable bonds is 6. The molecule has 2 N–H and O–H groups in total. The molecular weight excluding hydrogens is 417 g/mol. The van der Waals surface area contributed by atoms with Crippen molar-refractivity contribution in [2.75, 3.05) is 19.9 Å². The molecule has 2 aliphatic rings. The molecule has 0 aromatic rings. The standard InChI is InChI=1S/C21H39B2O7P/c1-14(2)18(7,25)17(6,29-20(14,9)22)13-27-31(11,26)30-19(8)15(3,4)21(10,23)28-16(19,5)12-24/h24-25H,12-13H2,1-11H3/t16-,17-,18?,19?,20-,21-,31?/m1/s1. The van der Waals surface area contributed by atoms with Gasteiger partial charge in [-0.2, -0.15) is 0 Å². The lowest BCUT2D eigenvalue weighted by atomic mass is 9.57. The van der Waals surface area contributed by atoms with Gasteiger partial charge in [-0.05, 0) is 41.5 Å². The summed E-state index contributed by atoms with van der Waals surface area (Å²) in [6, 6.07) is 0. The van der Waals surface area contributed by atoms with Gasteiger partial charge in [-0.15, -0.1) is 0 Å². The SMILES string of the molecule is [B][C@]1(C)O[C@](C)(COP(C)(=O)OC2(C)C(C)(C)[C@@]([B])(C)O[C@]2(C)CO)C(C)(O)C1(C)C. The Labute approximate surface area is 190 Å². The van der Waals surface area contributed by atoms with Gasteiger partial charge >= 0.3 is 7.60 Å². The van der Waals surface area contributed by atoms with Crippen LogP contribution in [0.25, 0.3) is 0 Å². The molecule has 0 saturated carbocycles. The lowest BCUT2D eigenvalue weighted by Crippen LogP contribution is -2.58. The molecule has 2 aliphatic heterocycles. The Morgan fingerprint density at radius 3 is 1.65 bits per heavy atom. The van der Waals surface area contributed by atoms with Crippen molar-refractivity contribution in [1.82, 2.24) is 0 Å². The smallest absolute Gasteiger partial charge is 0.328 e. The highest BCUT2D eigenvalue weighted by Gasteiger charge is 2.71. The summed E-state index contributed by atoms with van der Waals surface area (Å²) in [6.45, 7) is 18.1. The van der Waals surface area contributed by atoms with Crippen LogP contribution in [0.1, 0.15) is 69.2 Å². The summed E-state index contributed by atoms with van der Waals surface area (Å²) < 4.78 is 37.4. The molecule has 0 aromatic carbocycles. The van der Waals surface area contributed by atoms with Gasteiger partial charge < -0.3 is 24.2 Å². The van der Waals surface area contributed by atoms with Crippen LogP contribution in [0.3, 0.4) is 0 Å². The topological polar surface area (TPSA) is 94.5 Å². The zero-order valence-electron chi connectivity index (χ0n) is 21.0. The lowest BCUT2D eigenvalue weighted by molar-refractivity contribution is -0.153. The second kappa shape index (κ2) is 7.07. The average Bonchev–Trinajstić information content (AvgIpc) is 2.73. The zero-order valence-corrected chi connectivity index (χ0v) is 21.8. The van der Waals surface area contributed by atoms with E-state index in [4.69, 9.17) is 34.2 Å². The van der Waals surface area contributed by atoms with Gasteiger partial charge in [0.15, 0.2) is 0 Å². The molecule has 4 radical (unpaired) electrons. The second-order valence-electron chi connectivity index (χ2n) is 11.5. The summed E-state index contributed by atoms with van der Waals surface area (Å²) in [5.74, 6) is 0. The fourth-order valence-electron chi connectivity index (χ4n) is 4.83. The third kappa shape index (κ3) is 3.53. The fraction of sp³-hybridized carbons (Fsp3) is 1.00. The minimum Gasteiger partial charge on any atom is -0.393 e. The summed E-state index contributed by atoms with van der Waals surface area (Å²) in [5, 5.41) is 21.4. The van der Waals surface area contributed by atoms with Crippen molar-refractivity contribution in [2.45, 2.75) is 103 Å². The Morgan fingerprint density at radius 2 is 1.26 bits per heavy atom. The molecule has 7 nitrogen and oxygen atoms in total. The maximum absolute atomic E-state index is 13.5. The molecule has 176 valence electrons. The summed E-state index contributed by atoms with van der Waals surface area (Å²) >= 11 is 0. The van der Waals surface area contributed by atoms with Crippen LogP contribution in [0.5, 0.6) is 0 Å². The number of hydrogen-bond donors (Lipinski definition) is 2. The minimum absolute atomic E-state index is 0.225. The van der Waals surface area contributed by atoms with Crippen LogP contribution in [-0.2, 0) is 23.1 Å². The Balaban J connectivity index is 2.33. The first kappa shape index (κ1) is 27.4. The minimum atomic E-state index is -3.75. The highest BCUT2D eigenvalue weighted by Crippen LogP contribution is 2.64. The monoisotopic (exact) mass is 456 g/mol. The number of aliphatic hydroxyl groups excluding tert-OH is 1. The molecule has 0 aliphatic carbocycles. The van der Waals surface area contributed by atoms with Gasteiger partial charge in [0.1, 0.15) is 32.5 Å². The molecule has 2 rings (SSSR count). The molecule has 2 saturated heterocycles. The molecule has 0 bridgehead atoms. The van der Waals surface area contributed by atoms with Gasteiger partial charge in [0.25, 0.3) is 0 Å². The molecule has 31 heavy (non-hydrogen) atoms. The van der Waals surface area contributed by atoms with E-state index in [1.54, 1.807) is 41.5 Å². The van der Waals surface area contributed by atoms with Gasteiger partial charge in [-0.1, -0.05) is 27.7 Å². The molecule has 2 fully saturated rings. The maximum atomic E-state index is 13.5. The predicted molar refractivity (Wildman–Crippen MR) is 122 cm³/mol. The number of hydrogen-bond acceptors (Lipinski definition) is 7. The van der Waals surface area contributed by atoms with Crippen LogP contribution in [-0.4, -0.2) is 79.2 Å². The van der Waals surface area contributed by atoms with Gasteiger partial charge in [0, 0.05) is 28.5 Å². The molecule has 0 amide bonds. The van der Waals surface area contributed by atoms with Gasteiger partial charge in [-0.25, -0.2) is 0 Å². The van der Waals surface area contributed by atoms with Gasteiger partial charge in [0.2, 0.25) is 0 Å². The first-order valence-electron chi connectivity index (χ1n) is 10.6. The molecule has 0 spiro atoms. The van der Waals surface area contributed by atoms with Crippen LogP contribution in [0.2, 0.25) is 0 Å². The normalized spacial score (nSPS) is 51.0. The molecule has 2 heterocycles. The molecular formula is C21H39B2O7P.